The van der Waals surface area contributed by atoms with Gasteiger partial charge in [-0.15, -0.1) is 0 Å². The SMILES string of the molecule is COCCCNC(=O)c1cc2c(=O)n3cc(C)ccc3nc2n(C2CCCC2)c1=N. The minimum absolute atomic E-state index is 0.0704. The van der Waals surface area contributed by atoms with E-state index < -0.39 is 0 Å². The van der Waals surface area contributed by atoms with Gasteiger partial charge in [-0.2, -0.15) is 0 Å². The monoisotopic (exact) mass is 409 g/mol. The lowest BCUT2D eigenvalue weighted by molar-refractivity contribution is 0.0946. The van der Waals surface area contributed by atoms with Crippen LogP contribution in [-0.2, 0) is 4.74 Å². The Labute approximate surface area is 174 Å². The number of nitrogens with zero attached hydrogens (tertiary/aromatic N) is 3. The molecule has 0 atom stereocenters. The standard InChI is InChI=1S/C22H27N5O3/c1-14-8-9-18-25-20-17(22(29)26(18)13-14)12-16(21(28)24-10-5-11-30-2)19(23)27(20)15-6-3-4-7-15/h8-9,12-13,15,23H,3-7,10-11H2,1-2H3,(H,24,28). The topological polar surface area (TPSA) is 101 Å². The average Bonchev–Trinajstić information content (AvgIpc) is 3.26. The molecule has 0 aliphatic heterocycles. The lowest BCUT2D eigenvalue weighted by Crippen LogP contribution is -2.36. The molecule has 2 N–H and O–H groups in total. The highest BCUT2D eigenvalue weighted by atomic mass is 16.5. The van der Waals surface area contributed by atoms with Gasteiger partial charge in [-0.25, -0.2) is 4.98 Å². The highest BCUT2D eigenvalue weighted by Crippen LogP contribution is 2.30. The van der Waals surface area contributed by atoms with Crippen molar-refractivity contribution in [2.24, 2.45) is 0 Å². The number of nitrogens with one attached hydrogen (secondary N) is 2. The van der Waals surface area contributed by atoms with E-state index in [4.69, 9.17) is 15.1 Å². The van der Waals surface area contributed by atoms with Crippen molar-refractivity contribution in [1.82, 2.24) is 19.3 Å². The minimum Gasteiger partial charge on any atom is -0.385 e. The number of pyridine rings is 2. The Kier molecular flexibility index (Phi) is 5.67. The third kappa shape index (κ3) is 3.63. The number of carbonyl (C=O) groups excluding carboxylic acids is 1. The molecule has 1 amide bonds. The van der Waals surface area contributed by atoms with E-state index in [-0.39, 0.29) is 28.6 Å². The first-order valence-corrected chi connectivity index (χ1v) is 10.4. The van der Waals surface area contributed by atoms with Crippen LogP contribution in [0.15, 0.2) is 29.2 Å². The lowest BCUT2D eigenvalue weighted by Gasteiger charge is -2.19. The first-order valence-electron chi connectivity index (χ1n) is 10.4. The number of hydrogen-bond acceptors (Lipinski definition) is 5. The summed E-state index contributed by atoms with van der Waals surface area (Å²) in [4.78, 5) is 30.9. The molecule has 1 aliphatic rings. The summed E-state index contributed by atoms with van der Waals surface area (Å²) in [5.41, 5.74) is 2.07. The number of amides is 1. The summed E-state index contributed by atoms with van der Waals surface area (Å²) in [6, 6.07) is 5.33. The normalized spacial score (nSPS) is 14.6. The molecule has 0 unspecified atom stereocenters. The molecule has 0 saturated heterocycles. The number of carbonyl (C=O) groups is 1. The van der Waals surface area contributed by atoms with Crippen LogP contribution in [0.2, 0.25) is 0 Å². The number of aromatic nitrogens is 3. The fraction of sp³-hybridized carbons (Fsp3) is 0.455. The molecule has 8 heteroatoms. The zero-order chi connectivity index (χ0) is 21.3. The van der Waals surface area contributed by atoms with Crippen LogP contribution < -0.4 is 16.4 Å². The maximum Gasteiger partial charge on any atom is 0.267 e. The van der Waals surface area contributed by atoms with Gasteiger partial charge in [-0.3, -0.25) is 19.4 Å². The van der Waals surface area contributed by atoms with E-state index in [0.29, 0.717) is 36.3 Å². The first kappa shape index (κ1) is 20.3. The Hall–Kier alpha value is -3.00. The minimum atomic E-state index is -0.349. The van der Waals surface area contributed by atoms with Crippen LogP contribution in [0.1, 0.15) is 54.1 Å². The van der Waals surface area contributed by atoms with Crippen molar-refractivity contribution >= 4 is 22.6 Å². The van der Waals surface area contributed by atoms with Crippen molar-refractivity contribution in [2.75, 3.05) is 20.3 Å². The van der Waals surface area contributed by atoms with Crippen molar-refractivity contribution in [3.63, 3.8) is 0 Å². The lowest BCUT2D eigenvalue weighted by atomic mass is 10.1. The number of rotatable bonds is 6. The van der Waals surface area contributed by atoms with Crippen molar-refractivity contribution in [1.29, 1.82) is 5.41 Å². The van der Waals surface area contributed by atoms with Gasteiger partial charge in [0.2, 0.25) is 0 Å². The molecule has 4 rings (SSSR count). The third-order valence-electron chi connectivity index (χ3n) is 5.74. The molecule has 0 aromatic carbocycles. The third-order valence-corrected chi connectivity index (χ3v) is 5.74. The van der Waals surface area contributed by atoms with Crippen LogP contribution in [0.4, 0.5) is 0 Å². The molecule has 8 nitrogen and oxygen atoms in total. The summed E-state index contributed by atoms with van der Waals surface area (Å²) in [5, 5.41) is 12.0. The maximum atomic E-state index is 13.3. The zero-order valence-corrected chi connectivity index (χ0v) is 17.4. The molecule has 0 bridgehead atoms. The van der Waals surface area contributed by atoms with Crippen LogP contribution >= 0.6 is 0 Å². The summed E-state index contributed by atoms with van der Waals surface area (Å²) in [7, 11) is 1.62. The van der Waals surface area contributed by atoms with Crippen LogP contribution in [-0.4, -0.2) is 40.1 Å². The summed E-state index contributed by atoms with van der Waals surface area (Å²) in [6.45, 7) is 2.91. The second kappa shape index (κ2) is 8.39. The summed E-state index contributed by atoms with van der Waals surface area (Å²) in [5.74, 6) is -0.349. The molecule has 1 fully saturated rings. The van der Waals surface area contributed by atoms with E-state index >= 15 is 0 Å². The molecule has 158 valence electrons. The predicted octanol–water partition coefficient (Wildman–Crippen LogP) is 2.32. The second-order valence-electron chi connectivity index (χ2n) is 7.91. The Balaban J connectivity index is 1.92. The Bertz CT molecular complexity index is 1220. The van der Waals surface area contributed by atoms with Gasteiger partial charge in [0.1, 0.15) is 16.8 Å². The van der Waals surface area contributed by atoms with Crippen LogP contribution in [0, 0.1) is 12.3 Å². The van der Waals surface area contributed by atoms with E-state index in [0.717, 1.165) is 31.2 Å². The molecule has 0 spiro atoms. The highest BCUT2D eigenvalue weighted by molar-refractivity contribution is 5.96. The van der Waals surface area contributed by atoms with Crippen LogP contribution in [0.25, 0.3) is 16.7 Å². The van der Waals surface area contributed by atoms with Gasteiger partial charge in [-0.1, -0.05) is 18.9 Å². The van der Waals surface area contributed by atoms with E-state index in [2.05, 4.69) is 5.32 Å². The van der Waals surface area contributed by atoms with E-state index in [1.54, 1.807) is 17.9 Å². The van der Waals surface area contributed by atoms with E-state index in [1.807, 2.05) is 19.1 Å². The van der Waals surface area contributed by atoms with Crippen LogP contribution in [0.3, 0.4) is 0 Å². The fourth-order valence-electron chi connectivity index (χ4n) is 4.21. The molecular formula is C22H27N5O3. The van der Waals surface area contributed by atoms with Gasteiger partial charge in [0, 0.05) is 32.5 Å². The number of methoxy groups -OCH3 is 1. The van der Waals surface area contributed by atoms with Gasteiger partial charge < -0.3 is 14.6 Å². The molecule has 3 aromatic rings. The quantitative estimate of drug-likeness (QED) is 0.482. The van der Waals surface area contributed by atoms with Crippen molar-refractivity contribution in [3.8, 4) is 0 Å². The Morgan fingerprint density at radius 1 is 1.33 bits per heavy atom. The fourth-order valence-corrected chi connectivity index (χ4v) is 4.21. The number of hydrogen-bond donors (Lipinski definition) is 2. The number of ether oxygens (including phenoxy) is 1. The van der Waals surface area contributed by atoms with Crippen molar-refractivity contribution in [3.05, 3.63) is 51.4 Å². The van der Waals surface area contributed by atoms with E-state index in [1.165, 1.54) is 10.5 Å². The molecule has 3 heterocycles. The zero-order valence-electron chi connectivity index (χ0n) is 17.4. The number of fused-ring (bicyclic) bond motifs is 2. The Morgan fingerprint density at radius 2 is 2.10 bits per heavy atom. The number of aryl methyl sites for hydroxylation is 1. The average molecular weight is 409 g/mol. The molecule has 30 heavy (non-hydrogen) atoms. The van der Waals surface area contributed by atoms with Crippen molar-refractivity contribution in [2.45, 2.75) is 45.1 Å². The maximum absolute atomic E-state index is 13.3. The molecule has 1 aliphatic carbocycles. The molecule has 0 radical (unpaired) electrons. The Morgan fingerprint density at radius 3 is 2.83 bits per heavy atom. The smallest absolute Gasteiger partial charge is 0.267 e. The van der Waals surface area contributed by atoms with Gasteiger partial charge in [0.15, 0.2) is 0 Å². The van der Waals surface area contributed by atoms with Crippen LogP contribution in [0.5, 0.6) is 0 Å². The predicted molar refractivity (Wildman–Crippen MR) is 114 cm³/mol. The summed E-state index contributed by atoms with van der Waals surface area (Å²) < 4.78 is 8.33. The van der Waals surface area contributed by atoms with E-state index in [9.17, 15) is 9.59 Å². The van der Waals surface area contributed by atoms with Gasteiger partial charge in [0.25, 0.3) is 11.5 Å². The molecular weight excluding hydrogens is 382 g/mol. The molecule has 3 aromatic heterocycles. The summed E-state index contributed by atoms with van der Waals surface area (Å²) in [6.07, 6.45) is 6.40. The first-order chi connectivity index (χ1) is 14.5. The largest absolute Gasteiger partial charge is 0.385 e. The highest BCUT2D eigenvalue weighted by Gasteiger charge is 2.24. The summed E-state index contributed by atoms with van der Waals surface area (Å²) >= 11 is 0. The molecule has 1 saturated carbocycles. The van der Waals surface area contributed by atoms with Gasteiger partial charge >= 0.3 is 0 Å². The van der Waals surface area contributed by atoms with Gasteiger partial charge in [-0.05, 0) is 43.9 Å². The van der Waals surface area contributed by atoms with Crippen molar-refractivity contribution < 1.29 is 9.53 Å². The second-order valence-corrected chi connectivity index (χ2v) is 7.91. The van der Waals surface area contributed by atoms with Gasteiger partial charge in [0.05, 0.1) is 10.9 Å².